The monoisotopic (exact) mass is 208 g/mol. The summed E-state index contributed by atoms with van der Waals surface area (Å²) in [6.45, 7) is 10.2. The standard InChI is InChI=1S/C13H20O2/c1-9-6-11(8-14)7-10(2)12(9)15-13(3,4)5/h6-7,14H,8H2,1-5H3. The Labute approximate surface area is 91.9 Å². The predicted octanol–water partition coefficient (Wildman–Crippen LogP) is 2.97. The SMILES string of the molecule is Cc1cc(CO)cc(C)c1OC(C)(C)C. The molecule has 15 heavy (non-hydrogen) atoms. The van der Waals surface area contributed by atoms with E-state index in [0.29, 0.717) is 0 Å². The minimum Gasteiger partial charge on any atom is -0.488 e. The van der Waals surface area contributed by atoms with Crippen LogP contribution in [0.5, 0.6) is 5.75 Å². The molecular weight excluding hydrogens is 188 g/mol. The first kappa shape index (κ1) is 12.1. The molecule has 0 aliphatic carbocycles. The molecule has 0 atom stereocenters. The topological polar surface area (TPSA) is 29.5 Å². The quantitative estimate of drug-likeness (QED) is 0.809. The zero-order valence-electron chi connectivity index (χ0n) is 10.2. The lowest BCUT2D eigenvalue weighted by Crippen LogP contribution is -2.24. The molecule has 0 aliphatic rings. The van der Waals surface area contributed by atoms with Gasteiger partial charge < -0.3 is 9.84 Å². The van der Waals surface area contributed by atoms with Gasteiger partial charge in [-0.3, -0.25) is 0 Å². The fraction of sp³-hybridized carbons (Fsp3) is 0.538. The summed E-state index contributed by atoms with van der Waals surface area (Å²) in [5.41, 5.74) is 2.91. The van der Waals surface area contributed by atoms with Crippen LogP contribution in [0.25, 0.3) is 0 Å². The number of aryl methyl sites for hydroxylation is 2. The molecule has 1 aromatic rings. The molecule has 2 nitrogen and oxygen atoms in total. The summed E-state index contributed by atoms with van der Waals surface area (Å²) in [6, 6.07) is 3.93. The Kier molecular flexibility index (Phi) is 3.40. The number of aliphatic hydroxyl groups excluding tert-OH is 1. The maximum absolute atomic E-state index is 9.07. The Hall–Kier alpha value is -1.02. The summed E-state index contributed by atoms with van der Waals surface area (Å²) in [6.07, 6.45) is 0. The molecule has 0 saturated heterocycles. The van der Waals surface area contributed by atoms with Gasteiger partial charge >= 0.3 is 0 Å². The molecule has 0 unspecified atom stereocenters. The minimum absolute atomic E-state index is 0.0808. The highest BCUT2D eigenvalue weighted by atomic mass is 16.5. The van der Waals surface area contributed by atoms with Gasteiger partial charge in [0.05, 0.1) is 6.61 Å². The van der Waals surface area contributed by atoms with Crippen molar-refractivity contribution in [2.75, 3.05) is 0 Å². The van der Waals surface area contributed by atoms with Gasteiger partial charge in [0.2, 0.25) is 0 Å². The van der Waals surface area contributed by atoms with E-state index in [4.69, 9.17) is 9.84 Å². The van der Waals surface area contributed by atoms with Crippen LogP contribution in [0.1, 0.15) is 37.5 Å². The van der Waals surface area contributed by atoms with Crippen LogP contribution in [0.15, 0.2) is 12.1 Å². The molecule has 1 aromatic carbocycles. The highest BCUT2D eigenvalue weighted by molar-refractivity contribution is 5.43. The highest BCUT2D eigenvalue weighted by Crippen LogP contribution is 2.28. The van der Waals surface area contributed by atoms with E-state index in [-0.39, 0.29) is 12.2 Å². The van der Waals surface area contributed by atoms with Crippen LogP contribution in [0.2, 0.25) is 0 Å². The molecule has 0 saturated carbocycles. The molecule has 0 amide bonds. The lowest BCUT2D eigenvalue weighted by molar-refractivity contribution is 0.128. The predicted molar refractivity (Wildman–Crippen MR) is 62.2 cm³/mol. The smallest absolute Gasteiger partial charge is 0.125 e. The van der Waals surface area contributed by atoms with Crippen LogP contribution < -0.4 is 4.74 Å². The largest absolute Gasteiger partial charge is 0.488 e. The maximum atomic E-state index is 9.07. The fourth-order valence-electron chi connectivity index (χ4n) is 1.60. The number of rotatable bonds is 2. The number of hydrogen-bond acceptors (Lipinski definition) is 2. The van der Waals surface area contributed by atoms with E-state index >= 15 is 0 Å². The van der Waals surface area contributed by atoms with Crippen LogP contribution in [-0.2, 0) is 6.61 Å². The van der Waals surface area contributed by atoms with Gasteiger partial charge in [0, 0.05) is 0 Å². The Bertz CT molecular complexity index is 325. The molecular formula is C13H20O2. The first-order valence-corrected chi connectivity index (χ1v) is 5.23. The first-order chi connectivity index (χ1) is 6.83. The van der Waals surface area contributed by atoms with Crippen LogP contribution in [0.4, 0.5) is 0 Å². The van der Waals surface area contributed by atoms with Crippen molar-refractivity contribution in [3.8, 4) is 5.75 Å². The number of benzene rings is 1. The minimum atomic E-state index is -0.184. The molecule has 0 fully saturated rings. The van der Waals surface area contributed by atoms with E-state index in [1.165, 1.54) is 0 Å². The van der Waals surface area contributed by atoms with Crippen molar-refractivity contribution >= 4 is 0 Å². The van der Waals surface area contributed by atoms with Crippen LogP contribution in [0.3, 0.4) is 0 Å². The Morgan fingerprint density at radius 2 is 1.60 bits per heavy atom. The van der Waals surface area contributed by atoms with Gasteiger partial charge in [-0.2, -0.15) is 0 Å². The molecule has 0 heterocycles. The van der Waals surface area contributed by atoms with E-state index in [1.807, 2.05) is 46.8 Å². The fourth-order valence-corrected chi connectivity index (χ4v) is 1.60. The Morgan fingerprint density at radius 3 is 1.93 bits per heavy atom. The summed E-state index contributed by atoms with van der Waals surface area (Å²) < 4.78 is 5.88. The van der Waals surface area contributed by atoms with Crippen LogP contribution >= 0.6 is 0 Å². The second kappa shape index (κ2) is 4.23. The average molecular weight is 208 g/mol. The van der Waals surface area contributed by atoms with Gasteiger partial charge in [0.25, 0.3) is 0 Å². The van der Waals surface area contributed by atoms with Gasteiger partial charge in [0.15, 0.2) is 0 Å². The molecule has 0 radical (unpaired) electrons. The number of aliphatic hydroxyl groups is 1. The molecule has 1 N–H and O–H groups in total. The first-order valence-electron chi connectivity index (χ1n) is 5.23. The number of ether oxygens (including phenoxy) is 1. The third-order valence-electron chi connectivity index (χ3n) is 2.11. The van der Waals surface area contributed by atoms with Gasteiger partial charge in [-0.25, -0.2) is 0 Å². The van der Waals surface area contributed by atoms with E-state index in [0.717, 1.165) is 22.4 Å². The second-order valence-corrected chi connectivity index (χ2v) is 4.93. The molecule has 0 aromatic heterocycles. The van der Waals surface area contributed by atoms with E-state index in [2.05, 4.69) is 0 Å². The molecule has 2 heteroatoms. The summed E-state index contributed by atoms with van der Waals surface area (Å²) in [4.78, 5) is 0. The van der Waals surface area contributed by atoms with Crippen molar-refractivity contribution in [2.45, 2.75) is 46.8 Å². The highest BCUT2D eigenvalue weighted by Gasteiger charge is 2.15. The zero-order valence-corrected chi connectivity index (χ0v) is 10.2. The average Bonchev–Trinajstić information content (AvgIpc) is 2.09. The summed E-state index contributed by atoms with van der Waals surface area (Å²) >= 11 is 0. The Morgan fingerprint density at radius 1 is 1.13 bits per heavy atom. The maximum Gasteiger partial charge on any atom is 0.125 e. The van der Waals surface area contributed by atoms with Gasteiger partial charge in [-0.1, -0.05) is 12.1 Å². The molecule has 0 bridgehead atoms. The normalized spacial score (nSPS) is 11.6. The van der Waals surface area contributed by atoms with E-state index in [1.54, 1.807) is 0 Å². The third kappa shape index (κ3) is 3.24. The number of hydrogen-bond donors (Lipinski definition) is 1. The van der Waals surface area contributed by atoms with Gasteiger partial charge in [0.1, 0.15) is 11.4 Å². The lowest BCUT2D eigenvalue weighted by Gasteiger charge is -2.24. The summed E-state index contributed by atoms with van der Waals surface area (Å²) in [5, 5.41) is 9.07. The molecule has 1 rings (SSSR count). The van der Waals surface area contributed by atoms with Crippen molar-refractivity contribution in [3.05, 3.63) is 28.8 Å². The summed E-state index contributed by atoms with van der Waals surface area (Å²) in [7, 11) is 0. The van der Waals surface area contributed by atoms with Crippen molar-refractivity contribution in [1.29, 1.82) is 0 Å². The van der Waals surface area contributed by atoms with E-state index < -0.39 is 0 Å². The molecule has 0 aliphatic heterocycles. The van der Waals surface area contributed by atoms with Crippen molar-refractivity contribution in [3.63, 3.8) is 0 Å². The van der Waals surface area contributed by atoms with Crippen LogP contribution in [0, 0.1) is 13.8 Å². The van der Waals surface area contributed by atoms with Crippen molar-refractivity contribution in [2.24, 2.45) is 0 Å². The van der Waals surface area contributed by atoms with E-state index in [9.17, 15) is 0 Å². The second-order valence-electron chi connectivity index (χ2n) is 4.93. The van der Waals surface area contributed by atoms with Crippen molar-refractivity contribution < 1.29 is 9.84 Å². The lowest BCUT2D eigenvalue weighted by atomic mass is 10.1. The van der Waals surface area contributed by atoms with Gasteiger partial charge in [-0.15, -0.1) is 0 Å². The molecule has 84 valence electrons. The van der Waals surface area contributed by atoms with Crippen LogP contribution in [-0.4, -0.2) is 10.7 Å². The third-order valence-corrected chi connectivity index (χ3v) is 2.11. The molecule has 0 spiro atoms. The summed E-state index contributed by atoms with van der Waals surface area (Å²) in [5.74, 6) is 0.930. The van der Waals surface area contributed by atoms with Gasteiger partial charge in [-0.05, 0) is 51.3 Å². The van der Waals surface area contributed by atoms with Crippen molar-refractivity contribution in [1.82, 2.24) is 0 Å². The zero-order chi connectivity index (χ0) is 11.6. The Balaban J connectivity index is 3.09.